The number of carbonyl (C=O) groups is 2. The molecule has 7 nitrogen and oxygen atoms in total. The van der Waals surface area contributed by atoms with Gasteiger partial charge in [0.2, 0.25) is 5.91 Å². The number of benzene rings is 1. The lowest BCUT2D eigenvalue weighted by Crippen LogP contribution is -2.45. The average molecular weight is 296 g/mol. The number of phenolic OH excluding ortho intramolecular Hbond substituents is 2. The van der Waals surface area contributed by atoms with Crippen molar-refractivity contribution in [1.29, 1.82) is 0 Å². The molecule has 0 aliphatic rings. The molecular formula is C14H20N2O5. The summed E-state index contributed by atoms with van der Waals surface area (Å²) in [6.45, 7) is 2.69. The summed E-state index contributed by atoms with van der Waals surface area (Å²) in [5, 5.41) is 33.0. The molecule has 1 atom stereocenters. The highest BCUT2D eigenvalue weighted by atomic mass is 16.4. The van der Waals surface area contributed by atoms with E-state index >= 15 is 0 Å². The average Bonchev–Trinajstić information content (AvgIpc) is 2.42. The van der Waals surface area contributed by atoms with Crippen LogP contribution in [0.1, 0.15) is 18.9 Å². The molecule has 1 amide bonds. The highest BCUT2D eigenvalue weighted by molar-refractivity contribution is 5.84. The third kappa shape index (κ3) is 5.70. The number of carboxylic acid groups (broad SMARTS) is 1. The van der Waals surface area contributed by atoms with E-state index in [2.05, 4.69) is 10.6 Å². The van der Waals surface area contributed by atoms with Crippen LogP contribution >= 0.6 is 0 Å². The molecule has 0 radical (unpaired) electrons. The third-order valence-electron chi connectivity index (χ3n) is 2.83. The smallest absolute Gasteiger partial charge is 0.326 e. The van der Waals surface area contributed by atoms with Gasteiger partial charge in [0, 0.05) is 6.42 Å². The van der Waals surface area contributed by atoms with Crippen LogP contribution in [0.15, 0.2) is 18.2 Å². The predicted octanol–water partition coefficient (Wildman–Crippen LogP) is 0.209. The second-order valence-electron chi connectivity index (χ2n) is 4.66. The summed E-state index contributed by atoms with van der Waals surface area (Å²) in [7, 11) is 0. The summed E-state index contributed by atoms with van der Waals surface area (Å²) >= 11 is 0. The van der Waals surface area contributed by atoms with Crippen LogP contribution in [-0.4, -0.2) is 46.3 Å². The first kappa shape index (κ1) is 16.8. The van der Waals surface area contributed by atoms with Crippen LogP contribution in [0.2, 0.25) is 0 Å². The lowest BCUT2D eigenvalue weighted by molar-refractivity contribution is -0.141. The summed E-state index contributed by atoms with van der Waals surface area (Å²) < 4.78 is 0. The van der Waals surface area contributed by atoms with Gasteiger partial charge in [-0.15, -0.1) is 0 Å². The highest BCUT2D eigenvalue weighted by Crippen LogP contribution is 2.25. The second kappa shape index (κ2) is 8.11. The summed E-state index contributed by atoms with van der Waals surface area (Å²) in [4.78, 5) is 22.8. The van der Waals surface area contributed by atoms with Gasteiger partial charge in [0.05, 0.1) is 6.54 Å². The zero-order valence-corrected chi connectivity index (χ0v) is 11.8. The van der Waals surface area contributed by atoms with E-state index < -0.39 is 17.9 Å². The SMILES string of the molecule is CCCNCC(=O)NC(Cc1ccc(O)c(O)c1)C(=O)O. The van der Waals surface area contributed by atoms with Crippen molar-refractivity contribution in [3.63, 3.8) is 0 Å². The maximum atomic E-state index is 11.6. The van der Waals surface area contributed by atoms with Gasteiger partial charge in [0.25, 0.3) is 0 Å². The Hall–Kier alpha value is -2.28. The highest BCUT2D eigenvalue weighted by Gasteiger charge is 2.20. The number of carbonyl (C=O) groups excluding carboxylic acids is 1. The van der Waals surface area contributed by atoms with E-state index in [9.17, 15) is 19.8 Å². The van der Waals surface area contributed by atoms with Crippen molar-refractivity contribution in [1.82, 2.24) is 10.6 Å². The summed E-state index contributed by atoms with van der Waals surface area (Å²) in [6, 6.07) is 2.94. The Labute approximate surface area is 122 Å². The van der Waals surface area contributed by atoms with Crippen molar-refractivity contribution in [3.8, 4) is 11.5 Å². The summed E-state index contributed by atoms with van der Waals surface area (Å²) in [6.07, 6.45) is 0.894. The largest absolute Gasteiger partial charge is 0.504 e. The van der Waals surface area contributed by atoms with Crippen molar-refractivity contribution >= 4 is 11.9 Å². The molecule has 0 saturated heterocycles. The van der Waals surface area contributed by atoms with Crippen LogP contribution in [-0.2, 0) is 16.0 Å². The quantitative estimate of drug-likeness (QED) is 0.345. The molecular weight excluding hydrogens is 276 g/mol. The Morgan fingerprint density at radius 2 is 1.95 bits per heavy atom. The number of hydrogen-bond donors (Lipinski definition) is 5. The van der Waals surface area contributed by atoms with Crippen LogP contribution in [0.5, 0.6) is 11.5 Å². The summed E-state index contributed by atoms with van der Waals surface area (Å²) in [5.74, 6) is -2.17. The maximum absolute atomic E-state index is 11.6. The normalized spacial score (nSPS) is 11.9. The van der Waals surface area contributed by atoms with Crippen LogP contribution < -0.4 is 10.6 Å². The number of carboxylic acids is 1. The number of hydrogen-bond acceptors (Lipinski definition) is 5. The standard InChI is InChI=1S/C14H20N2O5/c1-2-5-15-8-13(19)16-10(14(20)21)6-9-3-4-11(17)12(18)7-9/h3-4,7,10,15,17-18H,2,5-6,8H2,1H3,(H,16,19)(H,20,21). The first-order chi connectivity index (χ1) is 9.93. The van der Waals surface area contributed by atoms with Crippen LogP contribution in [0, 0.1) is 0 Å². The van der Waals surface area contributed by atoms with E-state index in [1.54, 1.807) is 0 Å². The second-order valence-corrected chi connectivity index (χ2v) is 4.66. The third-order valence-corrected chi connectivity index (χ3v) is 2.83. The molecule has 5 N–H and O–H groups in total. The lowest BCUT2D eigenvalue weighted by Gasteiger charge is -2.15. The van der Waals surface area contributed by atoms with E-state index in [1.165, 1.54) is 18.2 Å². The van der Waals surface area contributed by atoms with Gasteiger partial charge in [0.1, 0.15) is 6.04 Å². The van der Waals surface area contributed by atoms with E-state index in [0.29, 0.717) is 12.1 Å². The molecule has 7 heteroatoms. The molecule has 21 heavy (non-hydrogen) atoms. The molecule has 1 aromatic rings. The molecule has 0 heterocycles. The fraction of sp³-hybridized carbons (Fsp3) is 0.429. The minimum atomic E-state index is -1.16. The van der Waals surface area contributed by atoms with Crippen LogP contribution in [0.3, 0.4) is 0 Å². The van der Waals surface area contributed by atoms with Crippen molar-refractivity contribution in [2.45, 2.75) is 25.8 Å². The number of amides is 1. The monoisotopic (exact) mass is 296 g/mol. The molecule has 0 aromatic heterocycles. The van der Waals surface area contributed by atoms with E-state index in [1.807, 2.05) is 6.92 Å². The predicted molar refractivity (Wildman–Crippen MR) is 76.2 cm³/mol. The molecule has 1 aromatic carbocycles. The van der Waals surface area contributed by atoms with Gasteiger partial charge in [-0.2, -0.15) is 0 Å². The Morgan fingerprint density at radius 3 is 2.52 bits per heavy atom. The first-order valence-corrected chi connectivity index (χ1v) is 6.67. The molecule has 0 aliphatic carbocycles. The van der Waals surface area contributed by atoms with Gasteiger partial charge >= 0.3 is 5.97 Å². The number of aromatic hydroxyl groups is 2. The summed E-state index contributed by atoms with van der Waals surface area (Å²) in [5.41, 5.74) is 0.500. The Morgan fingerprint density at radius 1 is 1.24 bits per heavy atom. The van der Waals surface area contributed by atoms with E-state index in [4.69, 9.17) is 5.11 Å². The maximum Gasteiger partial charge on any atom is 0.326 e. The fourth-order valence-electron chi connectivity index (χ4n) is 1.76. The molecule has 0 aliphatic heterocycles. The van der Waals surface area contributed by atoms with Gasteiger partial charge < -0.3 is 26.0 Å². The molecule has 1 rings (SSSR count). The molecule has 0 bridgehead atoms. The first-order valence-electron chi connectivity index (χ1n) is 6.67. The number of nitrogens with one attached hydrogen (secondary N) is 2. The van der Waals surface area contributed by atoms with Gasteiger partial charge in [0.15, 0.2) is 11.5 Å². The zero-order chi connectivity index (χ0) is 15.8. The number of rotatable bonds is 8. The molecule has 1 unspecified atom stereocenters. The van der Waals surface area contributed by atoms with E-state index in [-0.39, 0.29) is 24.5 Å². The van der Waals surface area contributed by atoms with Gasteiger partial charge in [-0.25, -0.2) is 4.79 Å². The zero-order valence-electron chi connectivity index (χ0n) is 11.8. The molecule has 0 spiro atoms. The molecule has 116 valence electrons. The number of phenols is 2. The van der Waals surface area contributed by atoms with Crippen molar-refractivity contribution in [3.05, 3.63) is 23.8 Å². The minimum Gasteiger partial charge on any atom is -0.504 e. The van der Waals surface area contributed by atoms with Gasteiger partial charge in [-0.1, -0.05) is 13.0 Å². The van der Waals surface area contributed by atoms with Crippen molar-refractivity contribution in [2.24, 2.45) is 0 Å². The van der Waals surface area contributed by atoms with Crippen LogP contribution in [0.4, 0.5) is 0 Å². The van der Waals surface area contributed by atoms with Crippen LogP contribution in [0.25, 0.3) is 0 Å². The van der Waals surface area contributed by atoms with Crippen molar-refractivity contribution < 1.29 is 24.9 Å². The lowest BCUT2D eigenvalue weighted by atomic mass is 10.1. The van der Waals surface area contributed by atoms with Gasteiger partial charge in [-0.05, 0) is 30.7 Å². The Kier molecular flexibility index (Phi) is 6.48. The van der Waals surface area contributed by atoms with Gasteiger partial charge in [-0.3, -0.25) is 4.79 Å². The number of aliphatic carboxylic acids is 1. The topological polar surface area (TPSA) is 119 Å². The van der Waals surface area contributed by atoms with E-state index in [0.717, 1.165) is 6.42 Å². The molecule has 0 fully saturated rings. The van der Waals surface area contributed by atoms with Crippen molar-refractivity contribution in [2.75, 3.05) is 13.1 Å². The Bertz CT molecular complexity index is 504. The fourth-order valence-corrected chi connectivity index (χ4v) is 1.76. The Balaban J connectivity index is 2.63. The minimum absolute atomic E-state index is 0.0166. The molecule has 0 saturated carbocycles.